The van der Waals surface area contributed by atoms with Crippen LogP contribution in [-0.4, -0.2) is 45.8 Å². The van der Waals surface area contributed by atoms with Gasteiger partial charge < -0.3 is 20.7 Å². The number of carbonyl (C=O) groups is 2. The van der Waals surface area contributed by atoms with Crippen LogP contribution in [0.5, 0.6) is 0 Å². The summed E-state index contributed by atoms with van der Waals surface area (Å²) in [6.07, 6.45) is 6.23. The molecule has 0 saturated heterocycles. The maximum Gasteiger partial charge on any atom is 0.303 e. The van der Waals surface area contributed by atoms with Crippen molar-refractivity contribution in [2.45, 2.75) is 131 Å². The van der Waals surface area contributed by atoms with Crippen LogP contribution < -0.4 is 5.73 Å². The van der Waals surface area contributed by atoms with E-state index in [9.17, 15) is 19.8 Å². The van der Waals surface area contributed by atoms with Crippen molar-refractivity contribution in [2.75, 3.05) is 0 Å². The van der Waals surface area contributed by atoms with Gasteiger partial charge in [-0.05, 0) is 117 Å². The molecule has 214 valence electrons. The summed E-state index contributed by atoms with van der Waals surface area (Å²) in [6, 6.07) is 0. The molecule has 0 amide bonds. The van der Waals surface area contributed by atoms with Gasteiger partial charge in [-0.2, -0.15) is 0 Å². The van der Waals surface area contributed by atoms with Gasteiger partial charge >= 0.3 is 5.97 Å². The van der Waals surface area contributed by atoms with Crippen LogP contribution in [-0.2, 0) is 14.3 Å². The van der Waals surface area contributed by atoms with Crippen molar-refractivity contribution in [1.29, 1.82) is 0 Å². The number of ketones is 1. The second kappa shape index (κ2) is 9.85. The number of ether oxygens (including phenoxy) is 1. The van der Waals surface area contributed by atoms with Crippen molar-refractivity contribution < 1.29 is 24.5 Å². The largest absolute Gasteiger partial charge is 0.458 e. The van der Waals surface area contributed by atoms with Gasteiger partial charge in [0.05, 0.1) is 12.2 Å². The molecular weight excluding hydrogens is 478 g/mol. The summed E-state index contributed by atoms with van der Waals surface area (Å²) in [4.78, 5) is 25.5. The van der Waals surface area contributed by atoms with Crippen LogP contribution in [0.25, 0.3) is 0 Å². The summed E-state index contributed by atoms with van der Waals surface area (Å²) in [6.45, 7) is 16.1. The Morgan fingerprint density at radius 1 is 1.03 bits per heavy atom. The summed E-state index contributed by atoms with van der Waals surface area (Å²) in [5.74, 6) is 0.120. The van der Waals surface area contributed by atoms with Crippen molar-refractivity contribution in [2.24, 2.45) is 39.7 Å². The average molecular weight is 530 g/mol. The molecule has 0 aliphatic heterocycles. The van der Waals surface area contributed by atoms with Crippen molar-refractivity contribution >= 4 is 11.8 Å². The van der Waals surface area contributed by atoms with E-state index >= 15 is 0 Å². The number of rotatable bonds is 5. The van der Waals surface area contributed by atoms with Crippen molar-refractivity contribution in [1.82, 2.24) is 0 Å². The van der Waals surface area contributed by atoms with E-state index in [1.807, 2.05) is 13.8 Å². The molecule has 0 heterocycles. The van der Waals surface area contributed by atoms with Gasteiger partial charge in [-0.3, -0.25) is 9.59 Å². The van der Waals surface area contributed by atoms with Crippen LogP contribution in [0.15, 0.2) is 22.8 Å². The minimum Gasteiger partial charge on any atom is -0.458 e. The lowest BCUT2D eigenvalue weighted by Crippen LogP contribution is -2.72. The Morgan fingerprint density at radius 3 is 2.26 bits per heavy atom. The minimum atomic E-state index is -0.966. The van der Waals surface area contributed by atoms with E-state index in [1.54, 1.807) is 6.92 Å². The summed E-state index contributed by atoms with van der Waals surface area (Å²) in [7, 11) is 0. The minimum absolute atomic E-state index is 0.00848. The Balaban J connectivity index is 1.88. The van der Waals surface area contributed by atoms with E-state index in [0.29, 0.717) is 37.2 Å². The van der Waals surface area contributed by atoms with Crippen LogP contribution in [0.4, 0.5) is 0 Å². The highest BCUT2D eigenvalue weighted by Crippen LogP contribution is 2.75. The number of carbonyl (C=O) groups excluding carboxylic acids is 2. The fraction of sp³-hybridized carbons (Fsp3) is 0.812. The molecule has 4 N–H and O–H groups in total. The average Bonchev–Trinajstić information content (AvgIpc) is 3.00. The molecule has 4 aliphatic carbocycles. The second-order valence-corrected chi connectivity index (χ2v) is 14.2. The monoisotopic (exact) mass is 529 g/mol. The lowest BCUT2D eigenvalue weighted by atomic mass is 9.35. The van der Waals surface area contributed by atoms with Gasteiger partial charge in [0.15, 0.2) is 5.78 Å². The van der Waals surface area contributed by atoms with E-state index in [2.05, 4.69) is 33.8 Å². The first-order valence-electron chi connectivity index (χ1n) is 14.7. The first-order valence-corrected chi connectivity index (χ1v) is 14.7. The zero-order valence-electron chi connectivity index (χ0n) is 24.9. The molecule has 0 radical (unpaired) electrons. The fourth-order valence-corrected chi connectivity index (χ4v) is 10.1. The molecule has 0 spiro atoms. The van der Waals surface area contributed by atoms with Gasteiger partial charge in [0.25, 0.3) is 0 Å². The Morgan fingerprint density at radius 2 is 1.68 bits per heavy atom. The van der Waals surface area contributed by atoms with E-state index in [-0.39, 0.29) is 40.5 Å². The van der Waals surface area contributed by atoms with E-state index in [0.717, 1.165) is 31.3 Å². The Kier molecular flexibility index (Phi) is 7.64. The highest BCUT2D eigenvalue weighted by atomic mass is 16.5. The molecule has 10 atom stereocenters. The number of esters is 1. The van der Waals surface area contributed by atoms with Crippen LogP contribution in [0.2, 0.25) is 0 Å². The smallest absolute Gasteiger partial charge is 0.303 e. The molecule has 38 heavy (non-hydrogen) atoms. The molecule has 0 aromatic carbocycles. The highest BCUT2D eigenvalue weighted by Gasteiger charge is 2.75. The maximum atomic E-state index is 13.1. The highest BCUT2D eigenvalue weighted by molar-refractivity contribution is 5.95. The third kappa shape index (κ3) is 4.16. The molecule has 0 aromatic heterocycles. The third-order valence-electron chi connectivity index (χ3n) is 12.0. The quantitative estimate of drug-likeness (QED) is 0.255. The number of Topliss-reactive ketones (excluding diaryl/α,β-unsaturated/α-hetero) is 1. The standard InChI is InChI=1S/C32H51NO5/c1-18(2)10-9-11-22(20(4)34)27-26(38-21(5)35)17-31(8)30(7)15-12-23-19(3)24(36)13-14-29(23,6)28(30)25(37)16-32(27,31)33/h10,19,23-26,28,36-37H,9,11-17,33H2,1-8H3/b27-22+/t19-,23-,24+,25+,26-,28-,29-,30-,31+,32+/m0/s1. The number of fused-ring (bicyclic) bond motifs is 5. The molecule has 4 saturated carbocycles. The predicted octanol–water partition coefficient (Wildman–Crippen LogP) is 5.25. The topological polar surface area (TPSA) is 110 Å². The Hall–Kier alpha value is -1.50. The summed E-state index contributed by atoms with van der Waals surface area (Å²) >= 11 is 0. The number of aliphatic hydroxyl groups excluding tert-OH is 2. The van der Waals surface area contributed by atoms with Gasteiger partial charge in [-0.15, -0.1) is 0 Å². The van der Waals surface area contributed by atoms with Crippen LogP contribution in [0.1, 0.15) is 107 Å². The summed E-state index contributed by atoms with van der Waals surface area (Å²) < 4.78 is 5.97. The molecule has 0 bridgehead atoms. The molecule has 0 unspecified atom stereocenters. The molecule has 4 fully saturated rings. The lowest BCUT2D eigenvalue weighted by Gasteiger charge is -2.70. The van der Waals surface area contributed by atoms with Gasteiger partial charge in [0, 0.05) is 12.5 Å². The number of hydrogen-bond acceptors (Lipinski definition) is 6. The Bertz CT molecular complexity index is 1040. The van der Waals surface area contributed by atoms with Crippen LogP contribution in [0.3, 0.4) is 0 Å². The van der Waals surface area contributed by atoms with E-state index in [1.165, 1.54) is 12.5 Å². The molecular formula is C32H51NO5. The van der Waals surface area contributed by atoms with Gasteiger partial charge in [0.2, 0.25) is 0 Å². The first-order chi connectivity index (χ1) is 17.5. The van der Waals surface area contributed by atoms with E-state index < -0.39 is 23.2 Å². The molecule has 4 aliphatic rings. The fourth-order valence-electron chi connectivity index (χ4n) is 10.1. The maximum absolute atomic E-state index is 13.1. The predicted molar refractivity (Wildman–Crippen MR) is 149 cm³/mol. The van der Waals surface area contributed by atoms with Crippen molar-refractivity contribution in [3.63, 3.8) is 0 Å². The number of nitrogens with two attached hydrogens (primary N) is 1. The van der Waals surface area contributed by atoms with Gasteiger partial charge in [-0.1, -0.05) is 39.3 Å². The second-order valence-electron chi connectivity index (χ2n) is 14.2. The molecule has 6 nitrogen and oxygen atoms in total. The molecule has 0 aromatic rings. The zero-order chi connectivity index (χ0) is 28.4. The lowest BCUT2D eigenvalue weighted by molar-refractivity contribution is -0.238. The van der Waals surface area contributed by atoms with Crippen LogP contribution in [0, 0.1) is 34.0 Å². The SMILES string of the molecule is CC(=O)O[C@H]1C[C@@]2(C)[C@@](N)(C[C@@H](O)[C@H]3[C@@]4(C)CC[C@@H](O)[C@@H](C)[C@@H]4CC[C@@]32C)/C1=C(\CCC=C(C)C)C(C)=O. The summed E-state index contributed by atoms with van der Waals surface area (Å²) in [5.41, 5.74) is 8.20. The van der Waals surface area contributed by atoms with Crippen molar-refractivity contribution in [3.05, 3.63) is 22.8 Å². The zero-order valence-corrected chi connectivity index (χ0v) is 24.9. The molecule has 4 rings (SSSR count). The summed E-state index contributed by atoms with van der Waals surface area (Å²) in [5, 5.41) is 22.7. The first kappa shape index (κ1) is 29.5. The van der Waals surface area contributed by atoms with Gasteiger partial charge in [0.1, 0.15) is 6.10 Å². The number of allylic oxidation sites excluding steroid dienone is 3. The van der Waals surface area contributed by atoms with E-state index in [4.69, 9.17) is 10.5 Å². The molecule has 6 heteroatoms. The van der Waals surface area contributed by atoms with Gasteiger partial charge in [-0.25, -0.2) is 0 Å². The number of hydrogen-bond donors (Lipinski definition) is 3. The Labute approximate surface area is 229 Å². The number of aliphatic hydroxyl groups is 2. The van der Waals surface area contributed by atoms with Crippen LogP contribution >= 0.6 is 0 Å². The normalized spacial score (nSPS) is 47.3. The van der Waals surface area contributed by atoms with Crippen molar-refractivity contribution in [3.8, 4) is 0 Å². The third-order valence-corrected chi connectivity index (χ3v) is 12.0.